The highest BCUT2D eigenvalue weighted by molar-refractivity contribution is 6.05. The lowest BCUT2D eigenvalue weighted by Gasteiger charge is -2.15. The van der Waals surface area contributed by atoms with Crippen LogP contribution in [0.25, 0.3) is 0 Å². The molecule has 0 radical (unpaired) electrons. The molecule has 1 saturated heterocycles. The van der Waals surface area contributed by atoms with E-state index in [9.17, 15) is 19.1 Å². The van der Waals surface area contributed by atoms with E-state index in [1.54, 1.807) is 31.2 Å². The normalized spacial score (nSPS) is 18.2. The van der Waals surface area contributed by atoms with Crippen molar-refractivity contribution in [3.8, 4) is 0 Å². The van der Waals surface area contributed by atoms with E-state index in [4.69, 9.17) is 0 Å². The molecular weight excluding hydrogens is 385 g/mol. The van der Waals surface area contributed by atoms with E-state index < -0.39 is 17.8 Å². The van der Waals surface area contributed by atoms with Crippen LogP contribution in [-0.2, 0) is 0 Å². The Balaban J connectivity index is 0.00000280. The van der Waals surface area contributed by atoms with E-state index >= 15 is 0 Å². The zero-order valence-corrected chi connectivity index (χ0v) is 16.2. The topological polar surface area (TPSA) is 90.5 Å². The zero-order valence-electron chi connectivity index (χ0n) is 15.4. The van der Waals surface area contributed by atoms with Crippen LogP contribution in [0, 0.1) is 18.7 Å². The van der Waals surface area contributed by atoms with E-state index in [1.165, 1.54) is 18.2 Å². The van der Waals surface area contributed by atoms with Crippen molar-refractivity contribution in [3.05, 3.63) is 65.0 Å². The van der Waals surface area contributed by atoms with Crippen LogP contribution in [0.5, 0.6) is 0 Å². The molecule has 1 heterocycles. The van der Waals surface area contributed by atoms with Gasteiger partial charge in [0.25, 0.3) is 11.8 Å². The van der Waals surface area contributed by atoms with Crippen LogP contribution in [0.3, 0.4) is 0 Å². The van der Waals surface area contributed by atoms with Crippen LogP contribution in [0.1, 0.15) is 26.3 Å². The number of amides is 2. The van der Waals surface area contributed by atoms with E-state index in [0.717, 1.165) is 5.56 Å². The average molecular weight is 408 g/mol. The Morgan fingerprint density at radius 3 is 2.61 bits per heavy atom. The third-order valence-electron chi connectivity index (χ3n) is 4.70. The van der Waals surface area contributed by atoms with Crippen LogP contribution >= 0.6 is 12.4 Å². The number of carbonyl (C=O) groups is 2. The lowest BCUT2D eigenvalue weighted by atomic mass is 10.1. The molecule has 2 amide bonds. The number of carbonyl (C=O) groups excluding carboxylic acids is 2. The molecule has 28 heavy (non-hydrogen) atoms. The number of nitrogens with one attached hydrogen (secondary N) is 3. The van der Waals surface area contributed by atoms with E-state index in [-0.39, 0.29) is 29.8 Å². The second-order valence-corrected chi connectivity index (χ2v) is 6.66. The summed E-state index contributed by atoms with van der Waals surface area (Å²) in [5.41, 5.74) is 1.52. The molecule has 8 heteroatoms. The number of aliphatic hydroxyl groups is 1. The highest BCUT2D eigenvalue weighted by atomic mass is 35.5. The second-order valence-electron chi connectivity index (χ2n) is 6.66. The molecule has 0 aliphatic carbocycles. The Morgan fingerprint density at radius 2 is 1.93 bits per heavy atom. The molecular formula is C20H23ClFN3O3. The summed E-state index contributed by atoms with van der Waals surface area (Å²) < 4.78 is 13.8. The lowest BCUT2D eigenvalue weighted by molar-refractivity contribution is 0.0925. The summed E-state index contributed by atoms with van der Waals surface area (Å²) in [5, 5.41) is 18.3. The maximum Gasteiger partial charge on any atom is 0.258 e. The van der Waals surface area contributed by atoms with Crippen molar-refractivity contribution in [1.82, 2.24) is 10.6 Å². The van der Waals surface area contributed by atoms with Gasteiger partial charge in [-0.15, -0.1) is 12.4 Å². The van der Waals surface area contributed by atoms with Gasteiger partial charge >= 0.3 is 0 Å². The molecule has 4 N–H and O–H groups in total. The van der Waals surface area contributed by atoms with E-state index in [2.05, 4.69) is 16.0 Å². The Labute approximate surface area is 168 Å². The van der Waals surface area contributed by atoms with Crippen molar-refractivity contribution in [2.24, 2.45) is 5.92 Å². The summed E-state index contributed by atoms with van der Waals surface area (Å²) in [4.78, 5) is 24.7. The van der Waals surface area contributed by atoms with Crippen molar-refractivity contribution >= 4 is 29.9 Å². The van der Waals surface area contributed by atoms with Crippen LogP contribution in [0.15, 0.2) is 42.5 Å². The molecule has 6 nitrogen and oxygen atoms in total. The van der Waals surface area contributed by atoms with Gasteiger partial charge in [0, 0.05) is 36.8 Å². The van der Waals surface area contributed by atoms with E-state index in [1.807, 2.05) is 0 Å². The van der Waals surface area contributed by atoms with Crippen molar-refractivity contribution in [1.29, 1.82) is 0 Å². The molecule has 1 aliphatic rings. The highest BCUT2D eigenvalue weighted by Crippen LogP contribution is 2.19. The quantitative estimate of drug-likeness (QED) is 0.611. The lowest BCUT2D eigenvalue weighted by Crippen LogP contribution is -2.34. The van der Waals surface area contributed by atoms with Gasteiger partial charge in [-0.2, -0.15) is 0 Å². The minimum atomic E-state index is -0.606. The van der Waals surface area contributed by atoms with Crippen molar-refractivity contribution in [2.45, 2.75) is 13.0 Å². The third-order valence-corrected chi connectivity index (χ3v) is 4.70. The van der Waals surface area contributed by atoms with E-state index in [0.29, 0.717) is 30.9 Å². The predicted octanol–water partition coefficient (Wildman–Crippen LogP) is 2.12. The smallest absolute Gasteiger partial charge is 0.258 e. The zero-order chi connectivity index (χ0) is 19.4. The van der Waals surface area contributed by atoms with Crippen LogP contribution in [-0.4, -0.2) is 42.7 Å². The molecule has 150 valence electrons. The fraction of sp³-hybridized carbons (Fsp3) is 0.300. The van der Waals surface area contributed by atoms with Crippen LogP contribution in [0.4, 0.5) is 10.1 Å². The van der Waals surface area contributed by atoms with Crippen molar-refractivity contribution < 1.29 is 19.1 Å². The van der Waals surface area contributed by atoms with Gasteiger partial charge in [0.2, 0.25) is 0 Å². The van der Waals surface area contributed by atoms with Crippen LogP contribution in [0.2, 0.25) is 0 Å². The summed E-state index contributed by atoms with van der Waals surface area (Å²) in [7, 11) is 0. The Hall–Kier alpha value is -2.48. The number of anilines is 1. The number of halogens is 2. The fourth-order valence-electron chi connectivity index (χ4n) is 2.99. The molecule has 2 aromatic rings. The predicted molar refractivity (Wildman–Crippen MR) is 107 cm³/mol. The second kappa shape index (κ2) is 9.64. The Bertz CT molecular complexity index is 862. The van der Waals surface area contributed by atoms with Crippen molar-refractivity contribution in [2.75, 3.05) is 25.0 Å². The third kappa shape index (κ3) is 5.07. The number of rotatable bonds is 5. The minimum absolute atomic E-state index is 0. The maximum absolute atomic E-state index is 13.8. The molecule has 2 aromatic carbocycles. The van der Waals surface area contributed by atoms with Gasteiger partial charge < -0.3 is 21.1 Å². The summed E-state index contributed by atoms with van der Waals surface area (Å²) in [6, 6.07) is 10.7. The SMILES string of the molecule is Cc1ccc(C(=O)NCC2CNCC2O)cc1NC(=O)c1ccccc1F.Cl. The first-order valence-electron chi connectivity index (χ1n) is 8.79. The van der Waals surface area contributed by atoms with Gasteiger partial charge in [-0.1, -0.05) is 18.2 Å². The molecule has 1 aliphatic heterocycles. The number of hydrogen-bond acceptors (Lipinski definition) is 4. The summed E-state index contributed by atoms with van der Waals surface area (Å²) in [5.74, 6) is -1.51. The standard InChI is InChI=1S/C20H22FN3O3.ClH/c1-12-6-7-13(19(26)23-10-14-9-22-11-18(14)25)8-17(12)24-20(27)15-4-2-3-5-16(15)21;/h2-8,14,18,22,25H,9-11H2,1H3,(H,23,26)(H,24,27);1H. The molecule has 2 atom stereocenters. The number of hydrogen-bond donors (Lipinski definition) is 4. The Kier molecular flexibility index (Phi) is 7.51. The first kappa shape index (κ1) is 21.8. The molecule has 0 spiro atoms. The van der Waals surface area contributed by atoms with Crippen LogP contribution < -0.4 is 16.0 Å². The van der Waals surface area contributed by atoms with Gasteiger partial charge in [-0.25, -0.2) is 4.39 Å². The Morgan fingerprint density at radius 1 is 1.18 bits per heavy atom. The minimum Gasteiger partial charge on any atom is -0.391 e. The highest BCUT2D eigenvalue weighted by Gasteiger charge is 2.25. The molecule has 1 fully saturated rings. The molecule has 0 aromatic heterocycles. The molecule has 3 rings (SSSR count). The average Bonchev–Trinajstić information content (AvgIpc) is 3.06. The van der Waals surface area contributed by atoms with Gasteiger partial charge in [-0.3, -0.25) is 9.59 Å². The number of aliphatic hydroxyl groups excluding tert-OH is 1. The summed E-state index contributed by atoms with van der Waals surface area (Å²) in [6.45, 7) is 3.33. The first-order valence-corrected chi connectivity index (χ1v) is 8.79. The fourth-order valence-corrected chi connectivity index (χ4v) is 2.99. The monoisotopic (exact) mass is 407 g/mol. The molecule has 0 bridgehead atoms. The van der Waals surface area contributed by atoms with Gasteiger partial charge in [-0.05, 0) is 36.8 Å². The van der Waals surface area contributed by atoms with Gasteiger partial charge in [0.15, 0.2) is 0 Å². The molecule has 0 saturated carbocycles. The summed E-state index contributed by atoms with van der Waals surface area (Å²) in [6.07, 6.45) is -0.473. The summed E-state index contributed by atoms with van der Waals surface area (Å²) >= 11 is 0. The first-order chi connectivity index (χ1) is 13.0. The number of β-amino-alcohol motifs (C(OH)–C–C–N with tert-alkyl or cyclic N) is 1. The van der Waals surface area contributed by atoms with Gasteiger partial charge in [0.05, 0.1) is 11.7 Å². The number of benzene rings is 2. The van der Waals surface area contributed by atoms with Crippen molar-refractivity contribution in [3.63, 3.8) is 0 Å². The number of aryl methyl sites for hydroxylation is 1. The maximum atomic E-state index is 13.8. The van der Waals surface area contributed by atoms with Gasteiger partial charge in [0.1, 0.15) is 5.82 Å². The molecule has 2 unspecified atom stereocenters. The largest absolute Gasteiger partial charge is 0.391 e.